The zero-order valence-corrected chi connectivity index (χ0v) is 25.0. The van der Waals surface area contributed by atoms with Gasteiger partial charge in [0.25, 0.3) is 0 Å². The Hall–Kier alpha value is -3.67. The van der Waals surface area contributed by atoms with E-state index in [0.717, 1.165) is 12.2 Å². The fourth-order valence-corrected chi connectivity index (χ4v) is 4.02. The number of hydrogen-bond acceptors (Lipinski definition) is 9. The molecular weight excluding hydrogens is 538 g/mol. The molecule has 1 amide bonds. The number of aliphatic hydroxyl groups excluding tert-OH is 3. The molecule has 0 radical (unpaired) electrons. The lowest BCUT2D eigenvalue weighted by Crippen LogP contribution is -2.38. The first-order valence-electron chi connectivity index (χ1n) is 13.8. The van der Waals surface area contributed by atoms with E-state index in [0.29, 0.717) is 36.2 Å². The average molecular weight is 584 g/mol. The number of nitrogens with one attached hydrogen (secondary N) is 3. The molecule has 3 aromatic rings. The highest BCUT2D eigenvalue weighted by Gasteiger charge is 2.15. The number of anilines is 1. The third-order valence-corrected chi connectivity index (χ3v) is 6.46. The number of carbonyl (C=O) groups excluding carboxylic acids is 1. The third kappa shape index (κ3) is 11.7. The van der Waals surface area contributed by atoms with Crippen molar-refractivity contribution >= 4 is 12.1 Å². The SMILES string of the molecule is CC(C)(C)NCC(O)c1ccc(O)c(CO)c1.COc1ccc(C[C@@H](C)NC[C@H](O)c2ccc(O)c(NC=O)c2)cc1. The van der Waals surface area contributed by atoms with Crippen molar-refractivity contribution in [2.24, 2.45) is 0 Å². The van der Waals surface area contributed by atoms with Crippen molar-refractivity contribution in [1.82, 2.24) is 10.6 Å². The number of hydrogen-bond donors (Lipinski definition) is 8. The molecule has 10 nitrogen and oxygen atoms in total. The lowest BCUT2D eigenvalue weighted by atomic mass is 10.0. The molecule has 1 unspecified atom stereocenters. The van der Waals surface area contributed by atoms with Crippen molar-refractivity contribution in [3.63, 3.8) is 0 Å². The predicted molar refractivity (Wildman–Crippen MR) is 164 cm³/mol. The summed E-state index contributed by atoms with van der Waals surface area (Å²) in [5, 5.41) is 57.3. The monoisotopic (exact) mass is 583 g/mol. The number of aliphatic hydroxyl groups is 3. The molecule has 0 heterocycles. The van der Waals surface area contributed by atoms with Crippen LogP contribution in [0, 0.1) is 0 Å². The average Bonchev–Trinajstić information content (AvgIpc) is 2.96. The van der Waals surface area contributed by atoms with Crippen LogP contribution in [0.1, 0.15) is 62.2 Å². The van der Waals surface area contributed by atoms with Crippen LogP contribution in [-0.2, 0) is 17.8 Å². The molecule has 3 atom stereocenters. The van der Waals surface area contributed by atoms with Gasteiger partial charge < -0.3 is 46.2 Å². The van der Waals surface area contributed by atoms with Gasteiger partial charge in [0.2, 0.25) is 6.41 Å². The van der Waals surface area contributed by atoms with E-state index in [1.165, 1.54) is 17.7 Å². The highest BCUT2D eigenvalue weighted by atomic mass is 16.5. The molecular formula is C32H45N3O7. The number of phenolic OH excluding ortho intramolecular Hbond substituents is 1. The first-order chi connectivity index (χ1) is 19.9. The number of ether oxygens (including phenoxy) is 1. The summed E-state index contributed by atoms with van der Waals surface area (Å²) in [6.45, 7) is 8.68. The number of amides is 1. The summed E-state index contributed by atoms with van der Waals surface area (Å²) in [4.78, 5) is 10.5. The van der Waals surface area contributed by atoms with Gasteiger partial charge in [-0.05, 0) is 87.2 Å². The van der Waals surface area contributed by atoms with Crippen LogP contribution in [0.15, 0.2) is 60.7 Å². The quantitative estimate of drug-likeness (QED) is 0.111. The van der Waals surface area contributed by atoms with Gasteiger partial charge in [-0.15, -0.1) is 0 Å². The fraction of sp³-hybridized carbons (Fsp3) is 0.406. The number of β-amino-alcohol motifs (C(OH)–C–C–N with tert-alkyl or cyclic N) is 1. The summed E-state index contributed by atoms with van der Waals surface area (Å²) in [6.07, 6.45) is -0.0868. The minimum atomic E-state index is -0.744. The predicted octanol–water partition coefficient (Wildman–Crippen LogP) is 3.53. The number of carbonyl (C=O) groups is 1. The molecule has 3 aromatic carbocycles. The van der Waals surface area contributed by atoms with Gasteiger partial charge in [0, 0.05) is 30.2 Å². The summed E-state index contributed by atoms with van der Waals surface area (Å²) in [6, 6.07) is 17.5. The van der Waals surface area contributed by atoms with E-state index < -0.39 is 12.2 Å². The topological polar surface area (TPSA) is 164 Å². The fourth-order valence-electron chi connectivity index (χ4n) is 4.02. The van der Waals surface area contributed by atoms with Crippen LogP contribution >= 0.6 is 0 Å². The van der Waals surface area contributed by atoms with E-state index in [1.807, 2.05) is 52.0 Å². The van der Waals surface area contributed by atoms with Gasteiger partial charge in [0.1, 0.15) is 17.2 Å². The third-order valence-electron chi connectivity index (χ3n) is 6.46. The highest BCUT2D eigenvalue weighted by molar-refractivity contribution is 5.75. The minimum Gasteiger partial charge on any atom is -0.508 e. The van der Waals surface area contributed by atoms with E-state index in [2.05, 4.69) is 16.0 Å². The smallest absolute Gasteiger partial charge is 0.211 e. The Morgan fingerprint density at radius 2 is 1.48 bits per heavy atom. The van der Waals surface area contributed by atoms with Gasteiger partial charge in [-0.3, -0.25) is 4.79 Å². The molecule has 0 saturated carbocycles. The van der Waals surface area contributed by atoms with E-state index >= 15 is 0 Å². The number of phenols is 2. The Bertz CT molecular complexity index is 1250. The maximum absolute atomic E-state index is 10.5. The summed E-state index contributed by atoms with van der Waals surface area (Å²) < 4.78 is 5.14. The zero-order valence-electron chi connectivity index (χ0n) is 25.0. The van der Waals surface area contributed by atoms with Gasteiger partial charge in [-0.1, -0.05) is 24.3 Å². The molecule has 3 rings (SSSR count). The van der Waals surface area contributed by atoms with Gasteiger partial charge in [0.05, 0.1) is 31.6 Å². The van der Waals surface area contributed by atoms with E-state index in [4.69, 9.17) is 9.84 Å². The van der Waals surface area contributed by atoms with Crippen molar-refractivity contribution in [1.29, 1.82) is 0 Å². The van der Waals surface area contributed by atoms with E-state index in [-0.39, 0.29) is 35.4 Å². The van der Waals surface area contributed by atoms with Gasteiger partial charge in [-0.25, -0.2) is 0 Å². The molecule has 42 heavy (non-hydrogen) atoms. The standard InChI is InChI=1S/C19H24N2O4.C13H21NO3/c1-13(9-14-3-6-16(25-2)7-4-14)20-11-19(24)15-5-8-18(23)17(10-15)21-12-22;1-13(2,3)14-7-12(17)9-4-5-11(16)10(6-9)8-15/h3-8,10,12-13,19-20,23-24H,9,11H2,1-2H3,(H,21,22);4-6,12,14-17H,7-8H2,1-3H3/t13-,19+;/m1./s1. The van der Waals surface area contributed by atoms with Crippen molar-refractivity contribution in [2.75, 3.05) is 25.5 Å². The Morgan fingerprint density at radius 3 is 2.05 bits per heavy atom. The first kappa shape index (κ1) is 34.5. The molecule has 0 aliphatic carbocycles. The number of rotatable bonds is 13. The number of benzene rings is 3. The van der Waals surface area contributed by atoms with Gasteiger partial charge in [0.15, 0.2) is 0 Å². The maximum Gasteiger partial charge on any atom is 0.211 e. The Morgan fingerprint density at radius 1 is 0.881 bits per heavy atom. The Kier molecular flexibility index (Phi) is 13.7. The van der Waals surface area contributed by atoms with Crippen LogP contribution in [0.2, 0.25) is 0 Å². The molecule has 10 heteroatoms. The van der Waals surface area contributed by atoms with E-state index in [9.17, 15) is 25.2 Å². The van der Waals surface area contributed by atoms with Crippen LogP contribution < -0.4 is 20.7 Å². The van der Waals surface area contributed by atoms with Crippen LogP contribution in [0.5, 0.6) is 17.2 Å². The molecule has 0 saturated heterocycles. The van der Waals surface area contributed by atoms with Crippen molar-refractivity contribution < 1.29 is 35.1 Å². The number of aromatic hydroxyl groups is 2. The lowest BCUT2D eigenvalue weighted by Gasteiger charge is -2.23. The number of methoxy groups -OCH3 is 1. The molecule has 8 N–H and O–H groups in total. The first-order valence-corrected chi connectivity index (χ1v) is 13.8. The zero-order chi connectivity index (χ0) is 31.3. The molecule has 230 valence electrons. The molecule has 0 spiro atoms. The van der Waals surface area contributed by atoms with Crippen LogP contribution in [0.3, 0.4) is 0 Å². The van der Waals surface area contributed by atoms with Crippen molar-refractivity contribution in [3.8, 4) is 17.2 Å². The highest BCUT2D eigenvalue weighted by Crippen LogP contribution is 2.27. The van der Waals surface area contributed by atoms with Crippen LogP contribution in [0.25, 0.3) is 0 Å². The summed E-state index contributed by atoms with van der Waals surface area (Å²) in [7, 11) is 1.64. The van der Waals surface area contributed by atoms with E-state index in [1.54, 1.807) is 31.4 Å². The van der Waals surface area contributed by atoms with Crippen molar-refractivity contribution in [2.45, 2.75) is 64.5 Å². The summed E-state index contributed by atoms with van der Waals surface area (Å²) in [5.41, 5.74) is 3.12. The summed E-state index contributed by atoms with van der Waals surface area (Å²) in [5.74, 6) is 0.836. The molecule has 0 aliphatic heterocycles. The summed E-state index contributed by atoms with van der Waals surface area (Å²) >= 11 is 0. The minimum absolute atomic E-state index is 0.0381. The maximum atomic E-state index is 10.5. The van der Waals surface area contributed by atoms with Gasteiger partial charge >= 0.3 is 0 Å². The molecule has 0 bridgehead atoms. The van der Waals surface area contributed by atoms with Crippen molar-refractivity contribution in [3.05, 3.63) is 82.9 Å². The molecule has 0 aliphatic rings. The second kappa shape index (κ2) is 16.7. The lowest BCUT2D eigenvalue weighted by molar-refractivity contribution is -0.105. The second-order valence-corrected chi connectivity index (χ2v) is 11.1. The molecule has 0 aromatic heterocycles. The van der Waals surface area contributed by atoms with Crippen LogP contribution in [0.4, 0.5) is 5.69 Å². The Labute approximate surface area is 248 Å². The van der Waals surface area contributed by atoms with Crippen LogP contribution in [-0.4, -0.2) is 63.7 Å². The normalized spacial score (nSPS) is 13.3. The van der Waals surface area contributed by atoms with Gasteiger partial charge in [-0.2, -0.15) is 0 Å². The largest absolute Gasteiger partial charge is 0.508 e. The molecule has 0 fully saturated rings. The Balaban J connectivity index is 0.000000317. The second-order valence-electron chi connectivity index (χ2n) is 11.1.